The topological polar surface area (TPSA) is 66.5 Å². The molecule has 1 amide bonds. The van der Waals surface area contributed by atoms with E-state index < -0.39 is 10.0 Å². The highest BCUT2D eigenvalue weighted by Gasteiger charge is 2.25. The summed E-state index contributed by atoms with van der Waals surface area (Å²) in [6.45, 7) is 7.56. The van der Waals surface area contributed by atoms with Crippen molar-refractivity contribution in [1.29, 1.82) is 0 Å². The number of sulfonamides is 1. The van der Waals surface area contributed by atoms with Gasteiger partial charge in [-0.1, -0.05) is 30.7 Å². The van der Waals surface area contributed by atoms with Gasteiger partial charge in [0.1, 0.15) is 0 Å². The van der Waals surface area contributed by atoms with Gasteiger partial charge in [0.05, 0.1) is 11.4 Å². The first-order valence-electron chi connectivity index (χ1n) is 8.18. The largest absolute Gasteiger partial charge is 0.325 e. The zero-order valence-electron chi connectivity index (χ0n) is 15.0. The molecule has 0 aliphatic heterocycles. The van der Waals surface area contributed by atoms with Gasteiger partial charge < -0.3 is 5.32 Å². The van der Waals surface area contributed by atoms with Crippen LogP contribution in [0, 0.1) is 20.8 Å². The monoisotopic (exact) mass is 360 g/mol. The molecular weight excluding hydrogens is 336 g/mol. The molecule has 0 aliphatic carbocycles. The summed E-state index contributed by atoms with van der Waals surface area (Å²) in [5.74, 6) is -0.360. The molecule has 2 aromatic rings. The number of nitrogens with zero attached hydrogens (tertiary/aromatic N) is 1. The number of carbonyl (C=O) groups excluding carboxylic acids is 1. The van der Waals surface area contributed by atoms with Crippen LogP contribution >= 0.6 is 0 Å². The van der Waals surface area contributed by atoms with E-state index in [1.165, 1.54) is 4.31 Å². The number of nitrogens with one attached hydrogen (secondary N) is 1. The van der Waals surface area contributed by atoms with E-state index in [1.807, 2.05) is 39.0 Å². The van der Waals surface area contributed by atoms with Crippen molar-refractivity contribution >= 4 is 21.6 Å². The summed E-state index contributed by atoms with van der Waals surface area (Å²) < 4.78 is 26.6. The molecule has 0 unspecified atom stereocenters. The maximum Gasteiger partial charge on any atom is 0.243 e. The first-order chi connectivity index (χ1) is 11.7. The van der Waals surface area contributed by atoms with E-state index in [0.717, 1.165) is 16.7 Å². The van der Waals surface area contributed by atoms with Crippen LogP contribution in [0.5, 0.6) is 0 Å². The van der Waals surface area contributed by atoms with Crippen LogP contribution in [0.1, 0.15) is 23.6 Å². The molecule has 0 fully saturated rings. The van der Waals surface area contributed by atoms with Crippen LogP contribution in [0.15, 0.2) is 47.4 Å². The molecule has 5 nitrogen and oxygen atoms in total. The number of hydrogen-bond acceptors (Lipinski definition) is 3. The first-order valence-corrected chi connectivity index (χ1v) is 9.62. The fourth-order valence-electron chi connectivity index (χ4n) is 2.41. The predicted molar refractivity (Wildman–Crippen MR) is 100 cm³/mol. The number of aryl methyl sites for hydroxylation is 3. The quantitative estimate of drug-likeness (QED) is 0.860. The fraction of sp³-hybridized carbons (Fsp3) is 0.316. The van der Waals surface area contributed by atoms with Gasteiger partial charge in [0.15, 0.2) is 0 Å². The maximum absolute atomic E-state index is 12.7. The van der Waals surface area contributed by atoms with Crippen LogP contribution in [0.4, 0.5) is 5.69 Å². The lowest BCUT2D eigenvalue weighted by Gasteiger charge is -2.20. The Bertz CT molecular complexity index is 859. The predicted octanol–water partition coefficient (Wildman–Crippen LogP) is 3.26. The van der Waals surface area contributed by atoms with Gasteiger partial charge in [-0.15, -0.1) is 0 Å². The molecule has 0 saturated heterocycles. The summed E-state index contributed by atoms with van der Waals surface area (Å²) in [6.07, 6.45) is 0. The second-order valence-corrected chi connectivity index (χ2v) is 8.03. The summed E-state index contributed by atoms with van der Waals surface area (Å²) in [6, 6.07) is 12.2. The number of carbonyl (C=O) groups is 1. The zero-order valence-corrected chi connectivity index (χ0v) is 15.9. The van der Waals surface area contributed by atoms with Crippen LogP contribution in [0.2, 0.25) is 0 Å². The van der Waals surface area contributed by atoms with Crippen molar-refractivity contribution in [3.05, 3.63) is 59.2 Å². The number of benzene rings is 2. The van der Waals surface area contributed by atoms with Gasteiger partial charge in [-0.25, -0.2) is 8.42 Å². The Balaban J connectivity index is 2.13. The van der Waals surface area contributed by atoms with Gasteiger partial charge >= 0.3 is 0 Å². The molecule has 134 valence electrons. The van der Waals surface area contributed by atoms with Gasteiger partial charge in [-0.3, -0.25) is 4.79 Å². The molecule has 6 heteroatoms. The van der Waals surface area contributed by atoms with Crippen molar-refractivity contribution in [2.24, 2.45) is 0 Å². The van der Waals surface area contributed by atoms with Gasteiger partial charge in [0, 0.05) is 12.2 Å². The number of likely N-dealkylation sites (N-methyl/N-ethyl adjacent to an activating group) is 1. The SMILES string of the molecule is CCN(CC(=O)Nc1ccc(C)c(C)c1)S(=O)(=O)c1ccc(C)cc1. The minimum atomic E-state index is -3.70. The van der Waals surface area contributed by atoms with E-state index in [1.54, 1.807) is 31.2 Å². The van der Waals surface area contributed by atoms with E-state index in [9.17, 15) is 13.2 Å². The lowest BCUT2D eigenvalue weighted by Crippen LogP contribution is -2.37. The Morgan fingerprint density at radius 3 is 2.20 bits per heavy atom. The van der Waals surface area contributed by atoms with E-state index in [-0.39, 0.29) is 23.9 Å². The van der Waals surface area contributed by atoms with Gasteiger partial charge in [-0.05, 0) is 56.2 Å². The molecule has 0 radical (unpaired) electrons. The normalized spacial score (nSPS) is 11.6. The Morgan fingerprint density at radius 2 is 1.64 bits per heavy atom. The van der Waals surface area contributed by atoms with Crippen LogP contribution in [-0.4, -0.2) is 31.7 Å². The number of hydrogen-bond donors (Lipinski definition) is 1. The Hall–Kier alpha value is -2.18. The van der Waals surface area contributed by atoms with Crippen molar-refractivity contribution in [3.63, 3.8) is 0 Å². The Morgan fingerprint density at radius 1 is 1.00 bits per heavy atom. The summed E-state index contributed by atoms with van der Waals surface area (Å²) in [5, 5.41) is 2.76. The third-order valence-corrected chi connectivity index (χ3v) is 6.06. The molecule has 2 aromatic carbocycles. The highest BCUT2D eigenvalue weighted by Crippen LogP contribution is 2.17. The smallest absolute Gasteiger partial charge is 0.243 e. The Kier molecular flexibility index (Phi) is 5.98. The fourth-order valence-corrected chi connectivity index (χ4v) is 3.81. The minimum Gasteiger partial charge on any atom is -0.325 e. The van der Waals surface area contributed by atoms with Crippen LogP contribution in [0.3, 0.4) is 0 Å². The number of amides is 1. The third-order valence-electron chi connectivity index (χ3n) is 4.12. The summed E-state index contributed by atoms with van der Waals surface area (Å²) in [4.78, 5) is 12.5. The second kappa shape index (κ2) is 7.80. The highest BCUT2D eigenvalue weighted by atomic mass is 32.2. The van der Waals surface area contributed by atoms with Gasteiger partial charge in [0.25, 0.3) is 0 Å². The lowest BCUT2D eigenvalue weighted by molar-refractivity contribution is -0.116. The zero-order chi connectivity index (χ0) is 18.6. The molecular formula is C19H24N2O3S. The van der Waals surface area contributed by atoms with Gasteiger partial charge in [0.2, 0.25) is 15.9 Å². The molecule has 25 heavy (non-hydrogen) atoms. The molecule has 0 saturated carbocycles. The van der Waals surface area contributed by atoms with Crippen LogP contribution in [0.25, 0.3) is 0 Å². The van der Waals surface area contributed by atoms with Crippen LogP contribution < -0.4 is 5.32 Å². The first kappa shape index (κ1) is 19.1. The molecule has 0 spiro atoms. The summed E-state index contributed by atoms with van der Waals surface area (Å²) in [5.41, 5.74) is 3.85. The molecule has 0 aliphatic rings. The van der Waals surface area contributed by atoms with Gasteiger partial charge in [-0.2, -0.15) is 4.31 Å². The number of anilines is 1. The summed E-state index contributed by atoms with van der Waals surface area (Å²) in [7, 11) is -3.70. The van der Waals surface area contributed by atoms with E-state index >= 15 is 0 Å². The van der Waals surface area contributed by atoms with Crippen molar-refractivity contribution in [2.45, 2.75) is 32.6 Å². The van der Waals surface area contributed by atoms with Crippen LogP contribution in [-0.2, 0) is 14.8 Å². The molecule has 1 N–H and O–H groups in total. The van der Waals surface area contributed by atoms with Crippen molar-refractivity contribution < 1.29 is 13.2 Å². The Labute approximate surface area is 149 Å². The summed E-state index contributed by atoms with van der Waals surface area (Å²) >= 11 is 0. The highest BCUT2D eigenvalue weighted by molar-refractivity contribution is 7.89. The molecule has 0 aromatic heterocycles. The molecule has 0 bridgehead atoms. The average molecular weight is 360 g/mol. The number of rotatable bonds is 6. The second-order valence-electron chi connectivity index (χ2n) is 6.09. The van der Waals surface area contributed by atoms with E-state index in [2.05, 4.69) is 5.32 Å². The van der Waals surface area contributed by atoms with Crippen molar-refractivity contribution in [2.75, 3.05) is 18.4 Å². The average Bonchev–Trinajstić information content (AvgIpc) is 2.56. The van der Waals surface area contributed by atoms with E-state index in [4.69, 9.17) is 0 Å². The molecule has 2 rings (SSSR count). The lowest BCUT2D eigenvalue weighted by atomic mass is 10.1. The minimum absolute atomic E-state index is 0.193. The molecule has 0 heterocycles. The maximum atomic E-state index is 12.7. The van der Waals surface area contributed by atoms with E-state index in [0.29, 0.717) is 5.69 Å². The van der Waals surface area contributed by atoms with Crippen molar-refractivity contribution in [1.82, 2.24) is 4.31 Å². The van der Waals surface area contributed by atoms with Crippen molar-refractivity contribution in [3.8, 4) is 0 Å². The standard InChI is InChI=1S/C19H24N2O3S/c1-5-21(25(23,24)18-10-6-14(2)7-11-18)13-19(22)20-17-9-8-15(3)16(4)12-17/h6-12H,5,13H2,1-4H3,(H,20,22). The third kappa shape index (κ3) is 4.67. The molecule has 0 atom stereocenters.